The second-order valence-corrected chi connectivity index (χ2v) is 15.1. The van der Waals surface area contributed by atoms with Gasteiger partial charge in [-0.3, -0.25) is 9.59 Å². The fourth-order valence-electron chi connectivity index (χ4n) is 10.9. The van der Waals surface area contributed by atoms with Gasteiger partial charge in [0.05, 0.1) is 6.10 Å². The summed E-state index contributed by atoms with van der Waals surface area (Å²) in [6.45, 7) is 10.4. The molecule has 39 heavy (non-hydrogen) atoms. The predicted octanol–water partition coefficient (Wildman–Crippen LogP) is 6.20. The molecule has 5 aliphatic carbocycles. The highest BCUT2D eigenvalue weighted by Crippen LogP contribution is 2.67. The van der Waals surface area contributed by atoms with E-state index in [1.807, 2.05) is 9.80 Å². The van der Waals surface area contributed by atoms with E-state index in [1.54, 1.807) is 5.57 Å². The van der Waals surface area contributed by atoms with Crippen LogP contribution in [0.1, 0.15) is 111 Å². The molecule has 1 saturated heterocycles. The van der Waals surface area contributed by atoms with Crippen molar-refractivity contribution in [2.45, 2.75) is 117 Å². The van der Waals surface area contributed by atoms with Gasteiger partial charge in [0, 0.05) is 38.5 Å². The molecule has 5 nitrogen and oxygen atoms in total. The molecular weight excluding hydrogens is 484 g/mol. The summed E-state index contributed by atoms with van der Waals surface area (Å²) in [6, 6.07) is 0. The summed E-state index contributed by atoms with van der Waals surface area (Å²) < 4.78 is 0. The lowest BCUT2D eigenvalue weighted by atomic mass is 9.47. The molecule has 218 valence electrons. The zero-order chi connectivity index (χ0) is 27.4. The van der Waals surface area contributed by atoms with Crippen molar-refractivity contribution in [2.75, 3.05) is 26.2 Å². The van der Waals surface area contributed by atoms with Gasteiger partial charge in [-0.25, -0.2) is 0 Å². The highest BCUT2D eigenvalue weighted by atomic mass is 16.3. The minimum Gasteiger partial charge on any atom is -0.393 e. The van der Waals surface area contributed by atoms with Gasteiger partial charge in [-0.05, 0) is 111 Å². The van der Waals surface area contributed by atoms with E-state index in [0.717, 1.165) is 75.3 Å². The fraction of sp³-hybridized carbons (Fsp3) is 0.882. The Morgan fingerprint density at radius 2 is 1.67 bits per heavy atom. The number of rotatable bonds is 5. The van der Waals surface area contributed by atoms with Crippen LogP contribution in [0.15, 0.2) is 11.6 Å². The number of piperazine rings is 1. The molecule has 1 N–H and O–H groups in total. The molecule has 0 aromatic heterocycles. The molecule has 0 radical (unpaired) electrons. The van der Waals surface area contributed by atoms with Gasteiger partial charge in [-0.15, -0.1) is 0 Å². The Kier molecular flexibility index (Phi) is 7.70. The number of aliphatic hydroxyl groups excluding tert-OH is 1. The summed E-state index contributed by atoms with van der Waals surface area (Å²) in [7, 11) is 0. The number of hydrogen-bond acceptors (Lipinski definition) is 3. The van der Waals surface area contributed by atoms with Crippen LogP contribution in [0, 0.1) is 46.3 Å². The fourth-order valence-corrected chi connectivity index (χ4v) is 10.9. The first-order chi connectivity index (χ1) is 18.7. The Labute approximate surface area is 237 Å². The molecule has 4 saturated carbocycles. The largest absolute Gasteiger partial charge is 0.393 e. The van der Waals surface area contributed by atoms with E-state index in [1.165, 1.54) is 44.9 Å². The van der Waals surface area contributed by atoms with E-state index < -0.39 is 0 Å². The quantitative estimate of drug-likeness (QED) is 0.424. The van der Waals surface area contributed by atoms with E-state index in [-0.39, 0.29) is 12.0 Å². The van der Waals surface area contributed by atoms with E-state index >= 15 is 0 Å². The number of allylic oxidation sites excluding steroid dienone is 1. The molecule has 5 fully saturated rings. The van der Waals surface area contributed by atoms with Crippen molar-refractivity contribution in [3.63, 3.8) is 0 Å². The number of fused-ring (bicyclic) bond motifs is 5. The Morgan fingerprint density at radius 3 is 2.41 bits per heavy atom. The number of carbonyl (C=O) groups excluding carboxylic acids is 2. The van der Waals surface area contributed by atoms with Crippen LogP contribution in [-0.2, 0) is 9.59 Å². The highest BCUT2D eigenvalue weighted by Gasteiger charge is 2.59. The number of amides is 2. The maximum absolute atomic E-state index is 13.2. The lowest BCUT2D eigenvalue weighted by molar-refractivity contribution is -0.142. The first-order valence-electron chi connectivity index (χ1n) is 16.6. The van der Waals surface area contributed by atoms with Crippen LogP contribution >= 0.6 is 0 Å². The smallest absolute Gasteiger partial charge is 0.225 e. The van der Waals surface area contributed by atoms with Crippen molar-refractivity contribution in [1.82, 2.24) is 9.80 Å². The van der Waals surface area contributed by atoms with Gasteiger partial charge in [0.1, 0.15) is 0 Å². The summed E-state index contributed by atoms with van der Waals surface area (Å²) in [4.78, 5) is 30.0. The molecule has 0 aromatic carbocycles. The molecule has 0 aromatic rings. The summed E-state index contributed by atoms with van der Waals surface area (Å²) in [5.41, 5.74) is 2.29. The van der Waals surface area contributed by atoms with Crippen LogP contribution in [-0.4, -0.2) is 59.0 Å². The zero-order valence-electron chi connectivity index (χ0n) is 25.0. The van der Waals surface area contributed by atoms with Crippen molar-refractivity contribution in [3.05, 3.63) is 11.6 Å². The molecule has 5 heteroatoms. The minimum absolute atomic E-state index is 0.127. The van der Waals surface area contributed by atoms with Crippen molar-refractivity contribution in [1.29, 1.82) is 0 Å². The van der Waals surface area contributed by atoms with Crippen LogP contribution in [0.25, 0.3) is 0 Å². The third kappa shape index (κ3) is 4.91. The van der Waals surface area contributed by atoms with Gasteiger partial charge < -0.3 is 14.9 Å². The maximum Gasteiger partial charge on any atom is 0.225 e. The van der Waals surface area contributed by atoms with Crippen LogP contribution < -0.4 is 0 Å². The summed E-state index contributed by atoms with van der Waals surface area (Å²) in [5, 5.41) is 10.3. The Bertz CT molecular complexity index is 963. The molecule has 6 aliphatic rings. The second-order valence-electron chi connectivity index (χ2n) is 15.1. The van der Waals surface area contributed by atoms with Crippen molar-refractivity contribution in [2.24, 2.45) is 46.3 Å². The Balaban J connectivity index is 1.02. The van der Waals surface area contributed by atoms with E-state index in [4.69, 9.17) is 0 Å². The highest BCUT2D eigenvalue weighted by molar-refractivity contribution is 5.80. The second kappa shape index (κ2) is 10.8. The van der Waals surface area contributed by atoms with Crippen molar-refractivity contribution >= 4 is 11.8 Å². The first-order valence-corrected chi connectivity index (χ1v) is 16.6. The SMILES string of the molecule is CC(CCC(=O)N1CCN(C(=O)C2CCCC2)CC1)[C@H]1CC[C@H]2[C@@H]3CC=C4C[C@@H](O)CC[C@]4(C)[C@H]3CC[C@]12C. The van der Waals surface area contributed by atoms with Crippen LogP contribution in [0.4, 0.5) is 0 Å². The summed E-state index contributed by atoms with van der Waals surface area (Å²) in [6.07, 6.45) is 18.2. The number of nitrogens with zero attached hydrogens (tertiary/aromatic N) is 2. The minimum atomic E-state index is -0.127. The molecular formula is C34H54N2O3. The average Bonchev–Trinajstić information content (AvgIpc) is 3.60. The average molecular weight is 539 g/mol. The normalized spacial score (nSPS) is 41.4. The lowest BCUT2D eigenvalue weighted by Gasteiger charge is -2.58. The van der Waals surface area contributed by atoms with Crippen molar-refractivity contribution < 1.29 is 14.7 Å². The monoisotopic (exact) mass is 538 g/mol. The first kappa shape index (κ1) is 27.8. The number of aliphatic hydroxyl groups is 1. The summed E-state index contributed by atoms with van der Waals surface area (Å²) in [5.74, 6) is 4.59. The van der Waals surface area contributed by atoms with Gasteiger partial charge in [0.2, 0.25) is 11.8 Å². The van der Waals surface area contributed by atoms with E-state index in [0.29, 0.717) is 48.1 Å². The van der Waals surface area contributed by atoms with Gasteiger partial charge in [0.25, 0.3) is 0 Å². The van der Waals surface area contributed by atoms with Crippen LogP contribution in [0.5, 0.6) is 0 Å². The third-order valence-corrected chi connectivity index (χ3v) is 13.3. The van der Waals surface area contributed by atoms with Gasteiger partial charge in [0.15, 0.2) is 0 Å². The number of carbonyl (C=O) groups is 2. The molecule has 0 bridgehead atoms. The summed E-state index contributed by atoms with van der Waals surface area (Å²) >= 11 is 0. The Hall–Kier alpha value is -1.36. The molecule has 1 aliphatic heterocycles. The molecule has 6 rings (SSSR count). The van der Waals surface area contributed by atoms with Gasteiger partial charge >= 0.3 is 0 Å². The van der Waals surface area contributed by atoms with Crippen LogP contribution in [0.3, 0.4) is 0 Å². The van der Waals surface area contributed by atoms with Crippen LogP contribution in [0.2, 0.25) is 0 Å². The molecule has 2 amide bonds. The maximum atomic E-state index is 13.2. The molecule has 1 unspecified atom stereocenters. The lowest BCUT2D eigenvalue weighted by Crippen LogP contribution is -2.52. The van der Waals surface area contributed by atoms with E-state index in [2.05, 4.69) is 26.8 Å². The standard InChI is InChI=1S/C34H54N2O3/c1-23(8-13-31(38)35-18-20-36(21-19-35)32(39)24-6-4-5-7-24)28-11-12-29-27-10-9-25-22-26(37)14-16-33(25,2)30(27)15-17-34(28,29)3/h9,23-24,26-30,37H,4-8,10-22H2,1-3H3/t23?,26-,27-,28+,29-,30-,33-,34+/m0/s1. The van der Waals surface area contributed by atoms with Crippen molar-refractivity contribution in [3.8, 4) is 0 Å². The Morgan fingerprint density at radius 1 is 0.949 bits per heavy atom. The molecule has 1 heterocycles. The molecule has 8 atom stereocenters. The third-order valence-electron chi connectivity index (χ3n) is 13.3. The topological polar surface area (TPSA) is 60.9 Å². The van der Waals surface area contributed by atoms with E-state index in [9.17, 15) is 14.7 Å². The van der Waals surface area contributed by atoms with Gasteiger partial charge in [-0.2, -0.15) is 0 Å². The van der Waals surface area contributed by atoms with Gasteiger partial charge in [-0.1, -0.05) is 45.3 Å². The predicted molar refractivity (Wildman–Crippen MR) is 155 cm³/mol. The number of hydrogen-bond donors (Lipinski definition) is 1. The zero-order valence-corrected chi connectivity index (χ0v) is 25.0. The molecule has 0 spiro atoms.